The van der Waals surface area contributed by atoms with E-state index in [1.54, 1.807) is 0 Å². The summed E-state index contributed by atoms with van der Waals surface area (Å²) < 4.78 is 7.41. The molecule has 3 aromatic heterocycles. The fourth-order valence-corrected chi connectivity index (χ4v) is 3.33. The molecule has 5 heteroatoms. The lowest BCUT2D eigenvalue weighted by Crippen LogP contribution is -1.98. The van der Waals surface area contributed by atoms with E-state index in [9.17, 15) is 0 Å². The first-order valence-corrected chi connectivity index (χ1v) is 8.13. The number of nitrogens with zero attached hydrogens (tertiary/aromatic N) is 3. The molecule has 0 saturated heterocycles. The molecule has 0 bridgehead atoms. The van der Waals surface area contributed by atoms with Crippen molar-refractivity contribution >= 4 is 22.6 Å². The summed E-state index contributed by atoms with van der Waals surface area (Å²) in [5, 5.41) is 4.69. The van der Waals surface area contributed by atoms with Crippen LogP contribution in [0.15, 0.2) is 53.3 Å². The predicted molar refractivity (Wildman–Crippen MR) is 95.3 cm³/mol. The maximum Gasteiger partial charge on any atom is 0.141 e. The predicted octanol–water partition coefficient (Wildman–Crippen LogP) is 5.01. The highest BCUT2D eigenvalue weighted by Gasteiger charge is 2.15. The van der Waals surface area contributed by atoms with Crippen molar-refractivity contribution in [3.05, 3.63) is 70.8 Å². The zero-order valence-electron chi connectivity index (χ0n) is 13.5. The van der Waals surface area contributed by atoms with Crippen LogP contribution in [0.3, 0.4) is 0 Å². The zero-order chi connectivity index (χ0) is 16.7. The minimum Gasteiger partial charge on any atom is -0.361 e. The van der Waals surface area contributed by atoms with Crippen molar-refractivity contribution in [2.24, 2.45) is 0 Å². The first-order chi connectivity index (χ1) is 11.6. The van der Waals surface area contributed by atoms with Gasteiger partial charge in [0.1, 0.15) is 11.3 Å². The first kappa shape index (κ1) is 15.0. The van der Waals surface area contributed by atoms with E-state index in [0.717, 1.165) is 40.2 Å². The van der Waals surface area contributed by atoms with Crippen molar-refractivity contribution in [2.45, 2.75) is 20.4 Å². The third-order valence-corrected chi connectivity index (χ3v) is 4.47. The van der Waals surface area contributed by atoms with Gasteiger partial charge < -0.3 is 9.09 Å². The summed E-state index contributed by atoms with van der Waals surface area (Å²) in [6.07, 6.45) is 3.76. The number of hydrogen-bond donors (Lipinski definition) is 0. The number of fused-ring (bicyclic) bond motifs is 1. The number of hydrogen-bond acceptors (Lipinski definition) is 3. The molecule has 0 N–H and O–H groups in total. The molecule has 0 spiro atoms. The lowest BCUT2D eigenvalue weighted by atomic mass is 10.1. The second-order valence-electron chi connectivity index (χ2n) is 5.88. The van der Waals surface area contributed by atoms with E-state index in [1.807, 2.05) is 44.4 Å². The average Bonchev–Trinajstić information content (AvgIpc) is 3.08. The van der Waals surface area contributed by atoms with Crippen LogP contribution in [0.1, 0.15) is 17.0 Å². The number of pyridine rings is 1. The number of aryl methyl sites for hydroxylation is 2. The monoisotopic (exact) mass is 337 g/mol. The fraction of sp³-hybridized carbons (Fsp3) is 0.158. The van der Waals surface area contributed by atoms with E-state index in [1.165, 1.54) is 5.56 Å². The molecule has 3 heterocycles. The van der Waals surface area contributed by atoms with Crippen LogP contribution < -0.4 is 0 Å². The van der Waals surface area contributed by atoms with Gasteiger partial charge in [-0.25, -0.2) is 0 Å². The van der Waals surface area contributed by atoms with Gasteiger partial charge in [0.25, 0.3) is 0 Å². The average molecular weight is 338 g/mol. The Hall–Kier alpha value is -2.59. The topological polar surface area (TPSA) is 43.9 Å². The molecule has 0 amide bonds. The summed E-state index contributed by atoms with van der Waals surface area (Å²) in [6, 6.07) is 12.4. The van der Waals surface area contributed by atoms with Gasteiger partial charge in [-0.05, 0) is 25.5 Å². The molecular formula is C19H16ClN3O. The second kappa shape index (κ2) is 5.80. The minimum atomic E-state index is 0.659. The van der Waals surface area contributed by atoms with Gasteiger partial charge >= 0.3 is 0 Å². The van der Waals surface area contributed by atoms with Crippen LogP contribution in [0.5, 0.6) is 0 Å². The van der Waals surface area contributed by atoms with Crippen LogP contribution >= 0.6 is 11.6 Å². The highest BCUT2D eigenvalue weighted by Crippen LogP contribution is 2.31. The molecule has 0 radical (unpaired) electrons. The molecule has 1 aromatic carbocycles. The summed E-state index contributed by atoms with van der Waals surface area (Å²) >= 11 is 6.37. The minimum absolute atomic E-state index is 0.659. The Balaban J connectivity index is 1.85. The van der Waals surface area contributed by atoms with Crippen LogP contribution in [0.2, 0.25) is 5.02 Å². The van der Waals surface area contributed by atoms with Crippen LogP contribution in [0.25, 0.3) is 22.2 Å². The quantitative estimate of drug-likeness (QED) is 0.528. The van der Waals surface area contributed by atoms with Crippen molar-refractivity contribution in [1.29, 1.82) is 0 Å². The Bertz CT molecular complexity index is 998. The molecule has 0 saturated carbocycles. The van der Waals surface area contributed by atoms with E-state index < -0.39 is 0 Å². The maximum atomic E-state index is 6.37. The maximum absolute atomic E-state index is 6.37. The third kappa shape index (κ3) is 2.49. The Morgan fingerprint density at radius 2 is 1.96 bits per heavy atom. The van der Waals surface area contributed by atoms with Crippen LogP contribution in [0, 0.1) is 13.8 Å². The van der Waals surface area contributed by atoms with Gasteiger partial charge in [0.05, 0.1) is 16.2 Å². The van der Waals surface area contributed by atoms with E-state index >= 15 is 0 Å². The normalized spacial score (nSPS) is 11.3. The van der Waals surface area contributed by atoms with Crippen molar-refractivity contribution in [2.75, 3.05) is 0 Å². The van der Waals surface area contributed by atoms with Gasteiger partial charge in [-0.15, -0.1) is 0 Å². The van der Waals surface area contributed by atoms with Crippen molar-refractivity contribution in [3.63, 3.8) is 0 Å². The molecular weight excluding hydrogens is 322 g/mol. The molecule has 0 unspecified atom stereocenters. The molecule has 0 aliphatic carbocycles. The highest BCUT2D eigenvalue weighted by atomic mass is 35.5. The third-order valence-electron chi connectivity index (χ3n) is 4.19. The van der Waals surface area contributed by atoms with Crippen molar-refractivity contribution < 1.29 is 4.52 Å². The van der Waals surface area contributed by atoms with E-state index in [-0.39, 0.29) is 0 Å². The van der Waals surface area contributed by atoms with Crippen LogP contribution in [-0.2, 0) is 6.54 Å². The van der Waals surface area contributed by atoms with Crippen molar-refractivity contribution in [3.8, 4) is 11.1 Å². The molecule has 4 aromatic rings. The SMILES string of the molecule is Cc1noc(C)c1-c1cnc2c(Cl)cn(Cc3ccccc3)c2c1. The first-order valence-electron chi connectivity index (χ1n) is 7.75. The number of aromatic nitrogens is 3. The summed E-state index contributed by atoms with van der Waals surface area (Å²) in [5.74, 6) is 0.793. The number of rotatable bonds is 3. The lowest BCUT2D eigenvalue weighted by molar-refractivity contribution is 0.393. The second-order valence-corrected chi connectivity index (χ2v) is 6.29. The molecule has 4 nitrogen and oxygen atoms in total. The summed E-state index contributed by atoms with van der Waals surface area (Å²) in [7, 11) is 0. The zero-order valence-corrected chi connectivity index (χ0v) is 14.2. The molecule has 0 atom stereocenters. The van der Waals surface area contributed by atoms with Gasteiger partial charge in [-0.2, -0.15) is 0 Å². The van der Waals surface area contributed by atoms with E-state index in [2.05, 4.69) is 32.9 Å². The molecule has 0 aliphatic rings. The fourth-order valence-electron chi connectivity index (χ4n) is 3.07. The van der Waals surface area contributed by atoms with Gasteiger partial charge in [0.15, 0.2) is 0 Å². The summed E-state index contributed by atoms with van der Waals surface area (Å²) in [4.78, 5) is 4.56. The molecule has 120 valence electrons. The molecule has 0 aliphatic heterocycles. The van der Waals surface area contributed by atoms with Gasteiger partial charge in [-0.3, -0.25) is 4.98 Å². The molecule has 0 fully saturated rings. The van der Waals surface area contributed by atoms with Crippen LogP contribution in [-0.4, -0.2) is 14.7 Å². The summed E-state index contributed by atoms with van der Waals surface area (Å²) in [5.41, 5.74) is 5.87. The number of halogens is 1. The molecule has 4 rings (SSSR count). The van der Waals surface area contributed by atoms with Crippen molar-refractivity contribution in [1.82, 2.24) is 14.7 Å². The van der Waals surface area contributed by atoms with Gasteiger partial charge in [-0.1, -0.05) is 47.1 Å². The Morgan fingerprint density at radius 3 is 2.67 bits per heavy atom. The van der Waals surface area contributed by atoms with Crippen LogP contribution in [0.4, 0.5) is 0 Å². The number of benzene rings is 1. The van der Waals surface area contributed by atoms with Gasteiger partial charge in [0, 0.05) is 30.1 Å². The van der Waals surface area contributed by atoms with Gasteiger partial charge in [0.2, 0.25) is 0 Å². The van der Waals surface area contributed by atoms with E-state index in [0.29, 0.717) is 5.02 Å². The van der Waals surface area contributed by atoms with E-state index in [4.69, 9.17) is 16.1 Å². The standard InChI is InChI=1S/C19H16ClN3O/c1-12-18(13(2)24-22-12)15-8-17-19(21-9-15)16(20)11-23(17)10-14-6-4-3-5-7-14/h3-9,11H,10H2,1-2H3. The Labute approximate surface area is 144 Å². The smallest absolute Gasteiger partial charge is 0.141 e. The highest BCUT2D eigenvalue weighted by molar-refractivity contribution is 6.35. The summed E-state index contributed by atoms with van der Waals surface area (Å²) in [6.45, 7) is 4.60. The molecule has 24 heavy (non-hydrogen) atoms. The largest absolute Gasteiger partial charge is 0.361 e. The Kier molecular flexibility index (Phi) is 3.62. The Morgan fingerprint density at radius 1 is 1.17 bits per heavy atom. The lowest BCUT2D eigenvalue weighted by Gasteiger charge is -2.07.